The maximum absolute atomic E-state index is 3.71. The maximum atomic E-state index is 3.71. The normalized spacial score (nSPS) is 11.4. The summed E-state index contributed by atoms with van der Waals surface area (Å²) in [4.78, 5) is 0. The van der Waals surface area contributed by atoms with Crippen LogP contribution in [0.2, 0.25) is 0 Å². The molecule has 1 nitrogen and oxygen atoms in total. The van der Waals surface area contributed by atoms with Crippen molar-refractivity contribution in [3.05, 3.63) is 6.26 Å². The van der Waals surface area contributed by atoms with Crippen molar-refractivity contribution in [1.29, 1.82) is 0 Å². The molecule has 0 aromatic carbocycles. The molecular formula is C3H10NS. The lowest BCUT2D eigenvalue weighted by atomic mass is 11.6. The van der Waals surface area contributed by atoms with Gasteiger partial charge in [-0.15, -0.1) is 0 Å². The summed E-state index contributed by atoms with van der Waals surface area (Å²) >= 11 is -0.0983. The van der Waals surface area contributed by atoms with Crippen molar-refractivity contribution < 1.29 is 0 Å². The van der Waals surface area contributed by atoms with Crippen molar-refractivity contribution in [2.24, 2.45) is 0 Å². The van der Waals surface area contributed by atoms with Crippen molar-refractivity contribution in [2.75, 3.05) is 13.3 Å². The van der Waals surface area contributed by atoms with Crippen molar-refractivity contribution >= 4 is 11.1 Å². The second-order valence-corrected chi connectivity index (χ2v) is 2.76. The predicted octanol–water partition coefficient (Wildman–Crippen LogP) is 0.543. The van der Waals surface area contributed by atoms with Crippen LogP contribution in [-0.2, 0) is 0 Å². The molecule has 1 radical (unpaired) electrons. The minimum atomic E-state index is -0.0983. The zero-order valence-corrected chi connectivity index (χ0v) is 4.55. The van der Waals surface area contributed by atoms with Gasteiger partial charge in [-0.2, -0.15) is 0 Å². The molecule has 0 spiro atoms. The molecule has 1 atom stereocenters. The van der Waals surface area contributed by atoms with Crippen LogP contribution in [0, 0.1) is 6.26 Å². The van der Waals surface area contributed by atoms with Gasteiger partial charge in [0.05, 0.1) is 0 Å². The largest absolute Gasteiger partial charge is 0.287 e. The van der Waals surface area contributed by atoms with Gasteiger partial charge in [0, 0.05) is 0 Å². The van der Waals surface area contributed by atoms with Gasteiger partial charge >= 0.3 is 0 Å². The van der Waals surface area contributed by atoms with Gasteiger partial charge in [-0.05, 0) is 19.6 Å². The molecule has 1 unspecified atom stereocenters. The molecule has 0 aromatic heterocycles. The van der Waals surface area contributed by atoms with Crippen molar-refractivity contribution in [1.82, 2.24) is 4.72 Å². The molecule has 5 heavy (non-hydrogen) atoms. The molecule has 0 saturated heterocycles. The highest BCUT2D eigenvalue weighted by molar-refractivity contribution is 8.15. The second-order valence-electron chi connectivity index (χ2n) is 0.922. The standard InChI is InChI=1S/C3H10NS/c1-4-5(2)3/h4-5H,2H2,1,3H3. The smallest absolute Gasteiger partial charge is 0.00531 e. The van der Waals surface area contributed by atoms with Gasteiger partial charge in [-0.3, -0.25) is 4.72 Å². The van der Waals surface area contributed by atoms with E-state index in [2.05, 4.69) is 17.2 Å². The molecule has 0 bridgehead atoms. The molecule has 2 heteroatoms. The van der Waals surface area contributed by atoms with Gasteiger partial charge < -0.3 is 0 Å². The lowest BCUT2D eigenvalue weighted by Crippen LogP contribution is -1.94. The number of nitrogens with one attached hydrogen (secondary N) is 1. The Bertz CT molecular complexity index is 20.9. The Labute approximate surface area is 36.2 Å². The highest BCUT2D eigenvalue weighted by Crippen LogP contribution is 2.04. The van der Waals surface area contributed by atoms with Gasteiger partial charge in [-0.25, -0.2) is 11.1 Å². The first kappa shape index (κ1) is 5.31. The van der Waals surface area contributed by atoms with E-state index in [1.165, 1.54) is 0 Å². The number of hydrogen-bond acceptors (Lipinski definition) is 1. The van der Waals surface area contributed by atoms with Gasteiger partial charge in [0.15, 0.2) is 0 Å². The highest BCUT2D eigenvalue weighted by atomic mass is 32.2. The molecule has 33 valence electrons. The lowest BCUT2D eigenvalue weighted by Gasteiger charge is -2.02. The SMILES string of the molecule is [CH2][SH](C)NC. The number of thiol groups is 1. The number of hydrogen-bond donors (Lipinski definition) is 2. The minimum Gasteiger partial charge on any atom is -0.287 e. The molecule has 0 heterocycles. The summed E-state index contributed by atoms with van der Waals surface area (Å²) in [7, 11) is 1.92. The molecule has 1 N–H and O–H groups in total. The summed E-state index contributed by atoms with van der Waals surface area (Å²) < 4.78 is 2.98. The first-order valence-electron chi connectivity index (χ1n) is 1.49. The molecule has 0 amide bonds. The second kappa shape index (κ2) is 2.54. The zero-order chi connectivity index (χ0) is 4.28. The third-order valence-electron chi connectivity index (χ3n) is 0.382. The zero-order valence-electron chi connectivity index (χ0n) is 3.65. The van der Waals surface area contributed by atoms with E-state index >= 15 is 0 Å². The quantitative estimate of drug-likeness (QED) is 0.450. The van der Waals surface area contributed by atoms with E-state index in [0.29, 0.717) is 0 Å². The van der Waals surface area contributed by atoms with E-state index in [-0.39, 0.29) is 11.1 Å². The molecule has 0 fully saturated rings. The van der Waals surface area contributed by atoms with Crippen LogP contribution in [0.15, 0.2) is 0 Å². The van der Waals surface area contributed by atoms with Crippen molar-refractivity contribution in [3.8, 4) is 0 Å². The summed E-state index contributed by atoms with van der Waals surface area (Å²) in [6.45, 7) is 0. The monoisotopic (exact) mass is 92.1 g/mol. The molecule has 0 aromatic rings. The van der Waals surface area contributed by atoms with E-state index in [0.717, 1.165) is 0 Å². The summed E-state index contributed by atoms with van der Waals surface area (Å²) in [6, 6.07) is 0. The Hall–Kier alpha value is 0.310. The molecular weight excluding hydrogens is 82.1 g/mol. The van der Waals surface area contributed by atoms with Crippen molar-refractivity contribution in [2.45, 2.75) is 0 Å². The van der Waals surface area contributed by atoms with Gasteiger partial charge in [0.1, 0.15) is 0 Å². The van der Waals surface area contributed by atoms with Crippen molar-refractivity contribution in [3.63, 3.8) is 0 Å². The van der Waals surface area contributed by atoms with E-state index in [4.69, 9.17) is 0 Å². The third-order valence-corrected chi connectivity index (χ3v) is 1.15. The fourth-order valence-corrected chi connectivity index (χ4v) is 0. The molecule has 0 saturated carbocycles. The molecule has 0 rings (SSSR count). The fraction of sp³-hybridized carbons (Fsp3) is 0.667. The lowest BCUT2D eigenvalue weighted by molar-refractivity contribution is 1.29. The van der Waals surface area contributed by atoms with Gasteiger partial charge in [0.2, 0.25) is 0 Å². The summed E-state index contributed by atoms with van der Waals surface area (Å²) in [6.07, 6.45) is 5.78. The Morgan fingerprint density at radius 3 is 2.00 bits per heavy atom. The van der Waals surface area contributed by atoms with Crippen LogP contribution in [0.25, 0.3) is 0 Å². The summed E-state index contributed by atoms with van der Waals surface area (Å²) in [5, 5.41) is 0. The summed E-state index contributed by atoms with van der Waals surface area (Å²) in [5.41, 5.74) is 0. The van der Waals surface area contributed by atoms with Crippen LogP contribution < -0.4 is 4.72 Å². The summed E-state index contributed by atoms with van der Waals surface area (Å²) in [5.74, 6) is 0. The highest BCUT2D eigenvalue weighted by Gasteiger charge is 1.69. The predicted molar refractivity (Wildman–Crippen MR) is 29.3 cm³/mol. The maximum Gasteiger partial charge on any atom is -0.00531 e. The topological polar surface area (TPSA) is 12.0 Å². The van der Waals surface area contributed by atoms with Crippen LogP contribution in [0.3, 0.4) is 0 Å². The molecule has 0 aliphatic carbocycles. The Balaban J connectivity index is 2.54. The average Bonchev–Trinajstić information content (AvgIpc) is 1.38. The minimum absolute atomic E-state index is 0.0983. The van der Waals surface area contributed by atoms with E-state index in [1.54, 1.807) is 0 Å². The van der Waals surface area contributed by atoms with E-state index in [9.17, 15) is 0 Å². The van der Waals surface area contributed by atoms with Gasteiger partial charge in [-0.1, -0.05) is 0 Å². The third kappa shape index (κ3) is 4.31. The van der Waals surface area contributed by atoms with E-state index < -0.39 is 0 Å². The first-order valence-corrected chi connectivity index (χ1v) is 3.46. The molecule has 0 aliphatic rings. The molecule has 0 aliphatic heterocycles. The number of rotatable bonds is 1. The van der Waals surface area contributed by atoms with E-state index in [1.807, 2.05) is 7.05 Å². The van der Waals surface area contributed by atoms with Gasteiger partial charge in [0.25, 0.3) is 0 Å². The van der Waals surface area contributed by atoms with Crippen LogP contribution in [0.5, 0.6) is 0 Å². The fourth-order valence-electron chi connectivity index (χ4n) is 0. The average molecular weight is 92.2 g/mol. The first-order chi connectivity index (χ1) is 2.27. The van der Waals surface area contributed by atoms with Crippen LogP contribution in [0.1, 0.15) is 0 Å². The van der Waals surface area contributed by atoms with Crippen LogP contribution in [0.4, 0.5) is 0 Å². The Morgan fingerprint density at radius 1 is 1.80 bits per heavy atom. The van der Waals surface area contributed by atoms with Crippen LogP contribution in [-0.4, -0.2) is 13.3 Å². The Kier molecular flexibility index (Phi) is 2.70. The van der Waals surface area contributed by atoms with Crippen LogP contribution >= 0.6 is 11.1 Å². The Morgan fingerprint density at radius 2 is 2.00 bits per heavy atom.